The minimum atomic E-state index is -0.0373. The maximum absolute atomic E-state index is 12.9. The summed E-state index contributed by atoms with van der Waals surface area (Å²) in [7, 11) is 0. The number of nitrogens with zero attached hydrogens (tertiary/aromatic N) is 2. The van der Waals surface area contributed by atoms with Crippen molar-refractivity contribution in [3.05, 3.63) is 20.8 Å². The summed E-state index contributed by atoms with van der Waals surface area (Å²) in [5.41, 5.74) is 1.17. The molecule has 3 heterocycles. The molecule has 5 rings (SSSR count). The molecule has 1 amide bonds. The lowest BCUT2D eigenvalue weighted by Gasteiger charge is -2.44. The van der Waals surface area contributed by atoms with Gasteiger partial charge in [0.2, 0.25) is 5.91 Å². The van der Waals surface area contributed by atoms with E-state index in [9.17, 15) is 9.59 Å². The summed E-state index contributed by atoms with van der Waals surface area (Å²) < 4.78 is 0. The number of carbonyl (C=O) groups is 1. The van der Waals surface area contributed by atoms with Gasteiger partial charge in [-0.25, -0.2) is 4.98 Å². The molecule has 5 nitrogen and oxygen atoms in total. The summed E-state index contributed by atoms with van der Waals surface area (Å²) in [5, 5.41) is 1.37. The minimum absolute atomic E-state index is 0.0373. The van der Waals surface area contributed by atoms with Crippen molar-refractivity contribution in [3.8, 4) is 0 Å². The molecular weight excluding hydrogens is 390 g/mol. The summed E-state index contributed by atoms with van der Waals surface area (Å²) in [6, 6.07) is 0.439. The predicted octanol–water partition coefficient (Wildman–Crippen LogP) is 4.14. The molecule has 2 fully saturated rings. The first-order valence-electron chi connectivity index (χ1n) is 10.7. The van der Waals surface area contributed by atoms with Crippen LogP contribution in [0, 0.1) is 5.92 Å². The van der Waals surface area contributed by atoms with Crippen LogP contribution in [0.15, 0.2) is 9.95 Å². The standard InChI is InChI=1S/C21H27N3O2S2/c25-17(24-11-5-7-13-6-1-3-9-15(13)24)12-27-21-22-19(26)18-14-8-2-4-10-16(14)28-20(18)23-21/h13,15H,1-12H2,(H,22,23,26)/t13-,15-/m1/s1. The van der Waals surface area contributed by atoms with Crippen molar-refractivity contribution in [2.45, 2.75) is 75.4 Å². The van der Waals surface area contributed by atoms with Crippen molar-refractivity contribution in [3.63, 3.8) is 0 Å². The molecule has 2 aliphatic carbocycles. The van der Waals surface area contributed by atoms with E-state index in [1.807, 2.05) is 0 Å². The van der Waals surface area contributed by atoms with Crippen LogP contribution in [-0.2, 0) is 17.6 Å². The molecule has 7 heteroatoms. The smallest absolute Gasteiger partial charge is 0.260 e. The van der Waals surface area contributed by atoms with Gasteiger partial charge in [-0.05, 0) is 62.8 Å². The van der Waals surface area contributed by atoms with Crippen molar-refractivity contribution >= 4 is 39.2 Å². The van der Waals surface area contributed by atoms with E-state index >= 15 is 0 Å². The van der Waals surface area contributed by atoms with Gasteiger partial charge in [0, 0.05) is 17.5 Å². The number of amides is 1. The van der Waals surface area contributed by atoms with E-state index < -0.39 is 0 Å². The summed E-state index contributed by atoms with van der Waals surface area (Å²) in [5.74, 6) is 1.26. The summed E-state index contributed by atoms with van der Waals surface area (Å²) in [4.78, 5) is 37.5. The molecule has 3 aliphatic rings. The number of H-pyrrole nitrogens is 1. The minimum Gasteiger partial charge on any atom is -0.339 e. The highest BCUT2D eigenvalue weighted by molar-refractivity contribution is 7.99. The van der Waals surface area contributed by atoms with Gasteiger partial charge in [-0.1, -0.05) is 24.6 Å². The van der Waals surface area contributed by atoms with E-state index in [2.05, 4.69) is 9.88 Å². The van der Waals surface area contributed by atoms with Crippen LogP contribution in [0.1, 0.15) is 61.8 Å². The first-order chi connectivity index (χ1) is 13.7. The molecule has 150 valence electrons. The molecule has 0 aromatic carbocycles. The van der Waals surface area contributed by atoms with Crippen LogP contribution in [0.5, 0.6) is 0 Å². The SMILES string of the molecule is O=C(CSc1nc2sc3c(c2c(=O)[nH]1)CCCC3)N1CCC[C@H]2CCCC[C@H]21. The predicted molar refractivity (Wildman–Crippen MR) is 114 cm³/mol. The topological polar surface area (TPSA) is 66.1 Å². The number of aromatic nitrogens is 2. The number of hydrogen-bond acceptors (Lipinski definition) is 5. The van der Waals surface area contributed by atoms with Crippen LogP contribution in [0.3, 0.4) is 0 Å². The molecule has 2 aromatic heterocycles. The lowest BCUT2D eigenvalue weighted by atomic mass is 9.78. The number of rotatable bonds is 3. The molecule has 0 spiro atoms. The number of carbonyl (C=O) groups excluding carboxylic acids is 1. The van der Waals surface area contributed by atoms with E-state index in [4.69, 9.17) is 4.98 Å². The van der Waals surface area contributed by atoms with Crippen LogP contribution in [-0.4, -0.2) is 39.1 Å². The molecular formula is C21H27N3O2S2. The molecule has 0 unspecified atom stereocenters. The van der Waals surface area contributed by atoms with Crippen LogP contribution in [0.25, 0.3) is 10.2 Å². The van der Waals surface area contributed by atoms with Crippen LogP contribution in [0.2, 0.25) is 0 Å². The fourth-order valence-electron chi connectivity index (χ4n) is 5.36. The molecule has 1 saturated carbocycles. The Labute approximate surface area is 173 Å². The second-order valence-corrected chi connectivity index (χ2v) is 10.4. The van der Waals surface area contributed by atoms with E-state index in [-0.39, 0.29) is 11.5 Å². The Bertz CT molecular complexity index is 949. The maximum Gasteiger partial charge on any atom is 0.260 e. The van der Waals surface area contributed by atoms with Gasteiger partial charge in [0.25, 0.3) is 5.56 Å². The number of thioether (sulfide) groups is 1. The second kappa shape index (κ2) is 7.82. The maximum atomic E-state index is 12.9. The first kappa shape index (κ1) is 18.7. The Hall–Kier alpha value is -1.34. The quantitative estimate of drug-likeness (QED) is 0.602. The number of likely N-dealkylation sites (tertiary alicyclic amines) is 1. The number of hydrogen-bond donors (Lipinski definition) is 1. The average molecular weight is 418 g/mol. The van der Waals surface area contributed by atoms with E-state index in [0.29, 0.717) is 22.9 Å². The molecule has 2 aromatic rings. The van der Waals surface area contributed by atoms with Crippen molar-refractivity contribution in [1.29, 1.82) is 0 Å². The molecule has 28 heavy (non-hydrogen) atoms. The van der Waals surface area contributed by atoms with Crippen molar-refractivity contribution in [2.75, 3.05) is 12.3 Å². The number of thiophene rings is 1. The van der Waals surface area contributed by atoms with Gasteiger partial charge in [0.1, 0.15) is 4.83 Å². The van der Waals surface area contributed by atoms with Crippen molar-refractivity contribution < 1.29 is 4.79 Å². The van der Waals surface area contributed by atoms with E-state index in [1.165, 1.54) is 54.3 Å². The van der Waals surface area contributed by atoms with Crippen molar-refractivity contribution in [1.82, 2.24) is 14.9 Å². The largest absolute Gasteiger partial charge is 0.339 e. The van der Waals surface area contributed by atoms with Gasteiger partial charge in [-0.15, -0.1) is 11.3 Å². The zero-order chi connectivity index (χ0) is 19.1. The molecule has 2 atom stereocenters. The van der Waals surface area contributed by atoms with E-state index in [0.717, 1.165) is 48.9 Å². The summed E-state index contributed by atoms with van der Waals surface area (Å²) in [6.45, 7) is 0.890. The third kappa shape index (κ3) is 3.41. The number of fused-ring (bicyclic) bond motifs is 4. The van der Waals surface area contributed by atoms with E-state index in [1.54, 1.807) is 11.3 Å². The lowest BCUT2D eigenvalue weighted by molar-refractivity contribution is -0.134. The highest BCUT2D eigenvalue weighted by Gasteiger charge is 2.35. The molecule has 1 N–H and O–H groups in total. The zero-order valence-electron chi connectivity index (χ0n) is 16.2. The molecule has 0 radical (unpaired) electrons. The van der Waals surface area contributed by atoms with Gasteiger partial charge >= 0.3 is 0 Å². The fraction of sp³-hybridized carbons (Fsp3) is 0.667. The molecule has 0 bridgehead atoms. The van der Waals surface area contributed by atoms with Crippen molar-refractivity contribution in [2.24, 2.45) is 5.92 Å². The molecule has 1 aliphatic heterocycles. The number of nitrogens with one attached hydrogen (secondary N) is 1. The third-order valence-corrected chi connectivity index (χ3v) is 8.74. The Kier molecular flexibility index (Phi) is 5.22. The second-order valence-electron chi connectivity index (χ2n) is 8.39. The fourth-order valence-corrected chi connectivity index (χ4v) is 7.43. The summed E-state index contributed by atoms with van der Waals surface area (Å²) in [6.07, 6.45) is 11.8. The monoisotopic (exact) mass is 417 g/mol. The van der Waals surface area contributed by atoms with Gasteiger partial charge in [0.15, 0.2) is 5.16 Å². The van der Waals surface area contributed by atoms with Gasteiger partial charge in [-0.2, -0.15) is 0 Å². The lowest BCUT2D eigenvalue weighted by Crippen LogP contribution is -2.50. The normalized spacial score (nSPS) is 24.8. The third-order valence-electron chi connectivity index (χ3n) is 6.70. The number of aryl methyl sites for hydroxylation is 2. The Morgan fingerprint density at radius 3 is 2.89 bits per heavy atom. The Balaban J connectivity index is 1.31. The zero-order valence-corrected chi connectivity index (χ0v) is 17.8. The van der Waals surface area contributed by atoms with Gasteiger partial charge in [0.05, 0.1) is 11.1 Å². The molecule has 1 saturated heterocycles. The summed E-state index contributed by atoms with van der Waals surface area (Å²) >= 11 is 3.05. The Morgan fingerprint density at radius 2 is 1.96 bits per heavy atom. The Morgan fingerprint density at radius 1 is 1.14 bits per heavy atom. The average Bonchev–Trinajstić information content (AvgIpc) is 3.10. The van der Waals surface area contributed by atoms with Crippen LogP contribution in [0.4, 0.5) is 0 Å². The van der Waals surface area contributed by atoms with Gasteiger partial charge < -0.3 is 9.88 Å². The van der Waals surface area contributed by atoms with Gasteiger partial charge in [-0.3, -0.25) is 9.59 Å². The highest BCUT2D eigenvalue weighted by Crippen LogP contribution is 2.36. The first-order valence-corrected chi connectivity index (χ1v) is 12.5. The van der Waals surface area contributed by atoms with Crippen LogP contribution < -0.4 is 5.56 Å². The van der Waals surface area contributed by atoms with Crippen LogP contribution >= 0.6 is 23.1 Å². The number of piperidine rings is 1. The highest BCUT2D eigenvalue weighted by atomic mass is 32.2. The number of aromatic amines is 1.